The van der Waals surface area contributed by atoms with Crippen LogP contribution in [-0.2, 0) is 14.4 Å². The topological polar surface area (TPSA) is 63.7 Å². The second kappa shape index (κ2) is 5.55. The maximum Gasteiger partial charge on any atom is 0.324 e. The van der Waals surface area contributed by atoms with E-state index in [2.05, 4.69) is 0 Å². The van der Waals surface area contributed by atoms with Crippen molar-refractivity contribution in [1.29, 1.82) is 0 Å². The van der Waals surface area contributed by atoms with Crippen molar-refractivity contribution in [2.45, 2.75) is 19.8 Å². The maximum absolute atomic E-state index is 13.0. The lowest BCUT2D eigenvalue weighted by Gasteiger charge is -2.41. The molecule has 5 heteroatoms. The number of amides is 2. The first kappa shape index (κ1) is 15.6. The molecule has 2 heterocycles. The third-order valence-corrected chi connectivity index (χ3v) is 5.03. The Bertz CT molecular complexity index is 887. The third kappa shape index (κ3) is 2.27. The van der Waals surface area contributed by atoms with Crippen LogP contribution >= 0.6 is 0 Å². The molecule has 2 aliphatic rings. The van der Waals surface area contributed by atoms with Crippen LogP contribution in [0, 0.1) is 18.8 Å². The summed E-state index contributed by atoms with van der Waals surface area (Å²) in [5.74, 6) is -2.95. The number of carbonyl (C=O) groups is 3. The van der Waals surface area contributed by atoms with Gasteiger partial charge in [-0.3, -0.25) is 14.4 Å². The van der Waals surface area contributed by atoms with E-state index in [4.69, 9.17) is 4.74 Å². The van der Waals surface area contributed by atoms with Crippen molar-refractivity contribution >= 4 is 23.5 Å². The molecule has 0 radical (unpaired) electrons. The summed E-state index contributed by atoms with van der Waals surface area (Å²) in [7, 11) is 0. The summed E-state index contributed by atoms with van der Waals surface area (Å²) in [6.07, 6.45) is 0. The van der Waals surface area contributed by atoms with Crippen LogP contribution in [-0.4, -0.2) is 17.8 Å². The number of carbonyl (C=O) groups excluding carboxylic acids is 3. The van der Waals surface area contributed by atoms with Gasteiger partial charge in [0.05, 0.1) is 5.69 Å². The van der Waals surface area contributed by atoms with Gasteiger partial charge in [-0.2, -0.15) is 0 Å². The molecule has 3 atom stereocenters. The minimum Gasteiger partial charge on any atom is -0.426 e. The van der Waals surface area contributed by atoms with E-state index in [1.165, 1.54) is 0 Å². The monoisotopic (exact) mass is 335 g/mol. The number of hydrogen-bond acceptors (Lipinski definition) is 4. The van der Waals surface area contributed by atoms with E-state index < -0.39 is 29.6 Å². The SMILES string of the molecule is Cc1ccc(N2C(=O)[C@@H]3C(=O)Oc4ccccc4[C@H]3[C@H](C)C2=O)cc1. The Balaban J connectivity index is 1.81. The number of imide groups is 1. The minimum absolute atomic E-state index is 0.292. The maximum atomic E-state index is 13.0. The van der Waals surface area contributed by atoms with Crippen molar-refractivity contribution in [3.63, 3.8) is 0 Å². The molecule has 5 nitrogen and oxygen atoms in total. The highest BCUT2D eigenvalue weighted by Crippen LogP contribution is 2.46. The normalized spacial score (nSPS) is 25.3. The van der Waals surface area contributed by atoms with E-state index in [0.717, 1.165) is 16.0 Å². The van der Waals surface area contributed by atoms with Crippen molar-refractivity contribution in [2.24, 2.45) is 11.8 Å². The summed E-state index contributed by atoms with van der Waals surface area (Å²) < 4.78 is 5.36. The largest absolute Gasteiger partial charge is 0.426 e. The Labute approximate surface area is 145 Å². The third-order valence-electron chi connectivity index (χ3n) is 5.03. The molecule has 4 rings (SSSR count). The fraction of sp³-hybridized carbons (Fsp3) is 0.250. The van der Waals surface area contributed by atoms with Gasteiger partial charge in [0.1, 0.15) is 11.7 Å². The Hall–Kier alpha value is -2.95. The van der Waals surface area contributed by atoms with Crippen LogP contribution in [0.2, 0.25) is 0 Å². The zero-order valence-electron chi connectivity index (χ0n) is 13.9. The standard InChI is InChI=1S/C20H17NO4/c1-11-7-9-13(10-8-11)21-18(22)12(2)16-14-5-3-4-6-15(14)25-20(24)17(16)19(21)23/h3-10,12,16-17H,1-2H3/t12-,16+,17+/m0/s1. The number of ether oxygens (including phenoxy) is 1. The molecule has 0 unspecified atom stereocenters. The second-order valence-electron chi connectivity index (χ2n) is 6.60. The molecule has 0 aromatic heterocycles. The van der Waals surface area contributed by atoms with Crippen LogP contribution in [0.5, 0.6) is 5.75 Å². The lowest BCUT2D eigenvalue weighted by Crippen LogP contribution is -2.57. The van der Waals surface area contributed by atoms with Crippen molar-refractivity contribution in [1.82, 2.24) is 0 Å². The van der Waals surface area contributed by atoms with Crippen LogP contribution in [0.4, 0.5) is 5.69 Å². The van der Waals surface area contributed by atoms with Crippen molar-refractivity contribution in [2.75, 3.05) is 4.90 Å². The molecule has 0 N–H and O–H groups in total. The van der Waals surface area contributed by atoms with Crippen molar-refractivity contribution in [3.05, 3.63) is 59.7 Å². The minimum atomic E-state index is -0.996. The Kier molecular flexibility index (Phi) is 3.46. The summed E-state index contributed by atoms with van der Waals surface area (Å²) >= 11 is 0. The van der Waals surface area contributed by atoms with Gasteiger partial charge in [-0.25, -0.2) is 4.90 Å². The first-order valence-electron chi connectivity index (χ1n) is 8.24. The second-order valence-corrected chi connectivity index (χ2v) is 6.60. The van der Waals surface area contributed by atoms with Crippen LogP contribution in [0.1, 0.15) is 24.0 Å². The number of esters is 1. The molecule has 25 heavy (non-hydrogen) atoms. The fourth-order valence-electron chi connectivity index (χ4n) is 3.71. The number of benzene rings is 2. The van der Waals surface area contributed by atoms with E-state index in [1.807, 2.05) is 31.2 Å². The van der Waals surface area contributed by atoms with Crippen LogP contribution < -0.4 is 9.64 Å². The predicted octanol–water partition coefficient (Wildman–Crippen LogP) is 2.82. The van der Waals surface area contributed by atoms with Gasteiger partial charge < -0.3 is 4.74 Å². The Morgan fingerprint density at radius 3 is 2.32 bits per heavy atom. The molecule has 0 bridgehead atoms. The highest BCUT2D eigenvalue weighted by atomic mass is 16.5. The molecule has 0 aliphatic carbocycles. The number of hydrogen-bond donors (Lipinski definition) is 0. The van der Waals surface area contributed by atoms with Crippen LogP contribution in [0.3, 0.4) is 0 Å². The van der Waals surface area contributed by atoms with Gasteiger partial charge in [0.15, 0.2) is 0 Å². The van der Waals surface area contributed by atoms with Gasteiger partial charge >= 0.3 is 5.97 Å². The molecule has 2 aliphatic heterocycles. The zero-order chi connectivity index (χ0) is 17.7. The zero-order valence-corrected chi connectivity index (χ0v) is 13.9. The first-order valence-corrected chi connectivity index (χ1v) is 8.24. The number of piperidine rings is 1. The van der Waals surface area contributed by atoms with E-state index in [-0.39, 0.29) is 5.91 Å². The highest BCUT2D eigenvalue weighted by molar-refractivity contribution is 6.23. The molecule has 2 aromatic rings. The number of aryl methyl sites for hydroxylation is 1. The number of fused-ring (bicyclic) bond motifs is 3. The quantitative estimate of drug-likeness (QED) is 0.348. The summed E-state index contributed by atoms with van der Waals surface area (Å²) in [6.45, 7) is 3.70. The van der Waals surface area contributed by atoms with Crippen molar-refractivity contribution < 1.29 is 19.1 Å². The van der Waals surface area contributed by atoms with E-state index in [0.29, 0.717) is 11.4 Å². The molecular weight excluding hydrogens is 318 g/mol. The van der Waals surface area contributed by atoms with Gasteiger partial charge in [-0.1, -0.05) is 42.8 Å². The molecule has 2 aromatic carbocycles. The lowest BCUT2D eigenvalue weighted by atomic mass is 9.72. The lowest BCUT2D eigenvalue weighted by molar-refractivity contribution is -0.151. The van der Waals surface area contributed by atoms with Gasteiger partial charge in [0.2, 0.25) is 11.8 Å². The van der Waals surface area contributed by atoms with Gasteiger partial charge in [-0.15, -0.1) is 0 Å². The molecular formula is C20H17NO4. The highest BCUT2D eigenvalue weighted by Gasteiger charge is 2.54. The smallest absolute Gasteiger partial charge is 0.324 e. The van der Waals surface area contributed by atoms with Crippen molar-refractivity contribution in [3.8, 4) is 5.75 Å². The van der Waals surface area contributed by atoms with E-state index in [1.54, 1.807) is 31.2 Å². The predicted molar refractivity (Wildman–Crippen MR) is 91.1 cm³/mol. The summed E-state index contributed by atoms with van der Waals surface area (Å²) in [6, 6.07) is 14.2. The van der Waals surface area contributed by atoms with E-state index >= 15 is 0 Å². The molecule has 126 valence electrons. The van der Waals surface area contributed by atoms with Gasteiger partial charge in [-0.05, 0) is 25.1 Å². The average molecular weight is 335 g/mol. The van der Waals surface area contributed by atoms with Gasteiger partial charge in [0.25, 0.3) is 0 Å². The molecule has 0 saturated carbocycles. The molecule has 1 fully saturated rings. The average Bonchev–Trinajstić information content (AvgIpc) is 2.60. The number of rotatable bonds is 1. The Morgan fingerprint density at radius 1 is 0.920 bits per heavy atom. The van der Waals surface area contributed by atoms with E-state index in [9.17, 15) is 14.4 Å². The Morgan fingerprint density at radius 2 is 1.60 bits per heavy atom. The van der Waals surface area contributed by atoms with Crippen LogP contribution in [0.15, 0.2) is 48.5 Å². The van der Waals surface area contributed by atoms with Crippen LogP contribution in [0.25, 0.3) is 0 Å². The number of anilines is 1. The molecule has 1 saturated heterocycles. The summed E-state index contributed by atoms with van der Waals surface area (Å²) in [5, 5.41) is 0. The fourth-order valence-corrected chi connectivity index (χ4v) is 3.71. The first-order chi connectivity index (χ1) is 12.0. The summed E-state index contributed by atoms with van der Waals surface area (Å²) in [5.41, 5.74) is 2.25. The van der Waals surface area contributed by atoms with Gasteiger partial charge in [0, 0.05) is 17.4 Å². The summed E-state index contributed by atoms with van der Waals surface area (Å²) in [4.78, 5) is 39.6. The number of para-hydroxylation sites is 1. The molecule has 0 spiro atoms. The number of nitrogens with zero attached hydrogens (tertiary/aromatic N) is 1. The molecule has 2 amide bonds.